The summed E-state index contributed by atoms with van der Waals surface area (Å²) in [7, 11) is 0. The van der Waals surface area contributed by atoms with Gasteiger partial charge in [0.2, 0.25) is 0 Å². The topological polar surface area (TPSA) is 75.4 Å². The predicted molar refractivity (Wildman–Crippen MR) is 120 cm³/mol. The average molecular weight is 461 g/mol. The number of hydrogen-bond acceptors (Lipinski definition) is 4. The van der Waals surface area contributed by atoms with Crippen molar-refractivity contribution in [2.24, 2.45) is 0 Å². The van der Waals surface area contributed by atoms with Gasteiger partial charge in [-0.05, 0) is 47.5 Å². The van der Waals surface area contributed by atoms with E-state index >= 15 is 0 Å². The molecular formula is C26H21F2N3O3. The highest BCUT2D eigenvalue weighted by atomic mass is 19.1. The van der Waals surface area contributed by atoms with Gasteiger partial charge in [-0.25, -0.2) is 8.78 Å². The summed E-state index contributed by atoms with van der Waals surface area (Å²) in [6, 6.07) is 21.9. The number of hydrogen-bond donors (Lipinski definition) is 1. The van der Waals surface area contributed by atoms with E-state index < -0.39 is 11.7 Å². The van der Waals surface area contributed by atoms with Crippen LogP contribution in [0.1, 0.15) is 37.7 Å². The predicted octanol–water partition coefficient (Wildman–Crippen LogP) is 4.73. The Morgan fingerprint density at radius 2 is 1.47 bits per heavy atom. The van der Waals surface area contributed by atoms with Gasteiger partial charge in [-0.15, -0.1) is 0 Å². The lowest BCUT2D eigenvalue weighted by molar-refractivity contribution is 0.0713. The molecule has 0 aliphatic rings. The number of nitrogens with one attached hydrogen (secondary N) is 1. The van der Waals surface area contributed by atoms with Gasteiger partial charge in [0.15, 0.2) is 11.5 Å². The molecule has 4 rings (SSSR count). The first kappa shape index (κ1) is 22.8. The largest absolute Gasteiger partial charge is 0.359 e. The van der Waals surface area contributed by atoms with E-state index in [0.29, 0.717) is 11.3 Å². The van der Waals surface area contributed by atoms with Crippen LogP contribution < -0.4 is 5.32 Å². The fourth-order valence-electron chi connectivity index (χ4n) is 3.34. The van der Waals surface area contributed by atoms with Gasteiger partial charge in [0.1, 0.15) is 11.6 Å². The van der Waals surface area contributed by atoms with E-state index in [1.807, 2.05) is 30.3 Å². The SMILES string of the molecule is O=C(NCc1ccc(F)cc1)c1cc(CN(Cc2ccccc2)C(=O)c2ccc(F)cc2)on1. The molecule has 2 amide bonds. The summed E-state index contributed by atoms with van der Waals surface area (Å²) >= 11 is 0. The van der Waals surface area contributed by atoms with Gasteiger partial charge in [0.25, 0.3) is 11.8 Å². The Morgan fingerprint density at radius 1 is 0.824 bits per heavy atom. The van der Waals surface area contributed by atoms with Crippen LogP contribution in [0.5, 0.6) is 0 Å². The molecule has 0 atom stereocenters. The minimum atomic E-state index is -0.459. The average Bonchev–Trinajstić information content (AvgIpc) is 3.32. The van der Waals surface area contributed by atoms with Gasteiger partial charge < -0.3 is 14.7 Å². The van der Waals surface area contributed by atoms with E-state index in [4.69, 9.17) is 4.52 Å². The van der Waals surface area contributed by atoms with Crippen LogP contribution in [0.15, 0.2) is 89.5 Å². The fraction of sp³-hybridized carbons (Fsp3) is 0.115. The van der Waals surface area contributed by atoms with Crippen molar-refractivity contribution >= 4 is 11.8 Å². The summed E-state index contributed by atoms with van der Waals surface area (Å²) in [4.78, 5) is 27.1. The first-order valence-corrected chi connectivity index (χ1v) is 10.5. The molecule has 172 valence electrons. The zero-order valence-electron chi connectivity index (χ0n) is 18.1. The van der Waals surface area contributed by atoms with E-state index in [1.165, 1.54) is 47.4 Å². The highest BCUT2D eigenvalue weighted by molar-refractivity contribution is 5.94. The van der Waals surface area contributed by atoms with Gasteiger partial charge >= 0.3 is 0 Å². The molecule has 1 heterocycles. The van der Waals surface area contributed by atoms with Crippen LogP contribution in [0.4, 0.5) is 8.78 Å². The quantitative estimate of drug-likeness (QED) is 0.412. The molecule has 0 aliphatic heterocycles. The van der Waals surface area contributed by atoms with E-state index in [2.05, 4.69) is 10.5 Å². The summed E-state index contributed by atoms with van der Waals surface area (Å²) in [5.74, 6) is -1.25. The number of rotatable bonds is 8. The molecule has 8 heteroatoms. The monoisotopic (exact) mass is 461 g/mol. The van der Waals surface area contributed by atoms with Crippen molar-refractivity contribution in [3.05, 3.63) is 125 Å². The summed E-state index contributed by atoms with van der Waals surface area (Å²) in [6.07, 6.45) is 0. The molecule has 1 aromatic heterocycles. The molecule has 0 saturated heterocycles. The van der Waals surface area contributed by atoms with Gasteiger partial charge in [-0.1, -0.05) is 47.6 Å². The second-order valence-corrected chi connectivity index (χ2v) is 7.64. The number of halogens is 2. The number of nitrogens with zero attached hydrogens (tertiary/aromatic N) is 2. The molecule has 0 spiro atoms. The van der Waals surface area contributed by atoms with Crippen molar-refractivity contribution in [1.29, 1.82) is 0 Å². The zero-order chi connectivity index (χ0) is 23.9. The van der Waals surface area contributed by atoms with Crippen molar-refractivity contribution in [3.8, 4) is 0 Å². The van der Waals surface area contributed by atoms with E-state index in [1.54, 1.807) is 12.1 Å². The van der Waals surface area contributed by atoms with Crippen molar-refractivity contribution < 1.29 is 22.9 Å². The number of amides is 2. The van der Waals surface area contributed by atoms with Crippen molar-refractivity contribution in [1.82, 2.24) is 15.4 Å². The maximum atomic E-state index is 13.3. The lowest BCUT2D eigenvalue weighted by Crippen LogP contribution is -2.30. The van der Waals surface area contributed by atoms with Crippen LogP contribution in [0.3, 0.4) is 0 Å². The summed E-state index contributed by atoms with van der Waals surface area (Å²) < 4.78 is 31.6. The second kappa shape index (κ2) is 10.5. The first-order chi connectivity index (χ1) is 16.5. The Kier molecular flexibility index (Phi) is 7.07. The van der Waals surface area contributed by atoms with Crippen LogP contribution in [0, 0.1) is 11.6 Å². The first-order valence-electron chi connectivity index (χ1n) is 10.5. The second-order valence-electron chi connectivity index (χ2n) is 7.64. The molecule has 6 nitrogen and oxygen atoms in total. The highest BCUT2D eigenvalue weighted by Gasteiger charge is 2.20. The Morgan fingerprint density at radius 3 is 2.15 bits per heavy atom. The van der Waals surface area contributed by atoms with Crippen molar-refractivity contribution in [2.75, 3.05) is 0 Å². The molecule has 0 aliphatic carbocycles. The molecule has 4 aromatic rings. The van der Waals surface area contributed by atoms with Crippen molar-refractivity contribution in [2.45, 2.75) is 19.6 Å². The maximum absolute atomic E-state index is 13.3. The third kappa shape index (κ3) is 5.92. The molecule has 1 N–H and O–H groups in total. The standard InChI is InChI=1S/C26H21F2N3O3/c27-21-10-6-18(7-11-21)15-29-25(32)24-14-23(34-30-24)17-31(16-19-4-2-1-3-5-19)26(33)20-8-12-22(28)13-9-20/h1-14H,15-17H2,(H,29,32). The number of benzene rings is 3. The van der Waals surface area contributed by atoms with Crippen LogP contribution in [-0.4, -0.2) is 21.9 Å². The van der Waals surface area contributed by atoms with Gasteiger partial charge in [0, 0.05) is 24.7 Å². The molecule has 3 aromatic carbocycles. The zero-order valence-corrected chi connectivity index (χ0v) is 18.1. The summed E-state index contributed by atoms with van der Waals surface area (Å²) in [5.41, 5.74) is 2.02. The smallest absolute Gasteiger partial charge is 0.273 e. The van der Waals surface area contributed by atoms with Crippen LogP contribution in [-0.2, 0) is 19.6 Å². The van der Waals surface area contributed by atoms with E-state index in [9.17, 15) is 18.4 Å². The van der Waals surface area contributed by atoms with Crippen LogP contribution in [0.25, 0.3) is 0 Å². The van der Waals surface area contributed by atoms with Crippen LogP contribution >= 0.6 is 0 Å². The normalized spacial score (nSPS) is 10.6. The van der Waals surface area contributed by atoms with Crippen molar-refractivity contribution in [3.63, 3.8) is 0 Å². The minimum Gasteiger partial charge on any atom is -0.359 e. The molecule has 0 fully saturated rings. The third-order valence-electron chi connectivity index (χ3n) is 5.10. The third-order valence-corrected chi connectivity index (χ3v) is 5.10. The van der Waals surface area contributed by atoms with E-state index in [0.717, 1.165) is 11.1 Å². The molecular weight excluding hydrogens is 440 g/mol. The Bertz CT molecular complexity index is 1260. The summed E-state index contributed by atoms with van der Waals surface area (Å²) in [6.45, 7) is 0.539. The summed E-state index contributed by atoms with van der Waals surface area (Å²) in [5, 5.41) is 6.51. The molecule has 0 unspecified atom stereocenters. The molecule has 0 radical (unpaired) electrons. The number of carbonyl (C=O) groups excluding carboxylic acids is 2. The van der Waals surface area contributed by atoms with Crippen LogP contribution in [0.2, 0.25) is 0 Å². The van der Waals surface area contributed by atoms with Gasteiger partial charge in [-0.3, -0.25) is 9.59 Å². The highest BCUT2D eigenvalue weighted by Crippen LogP contribution is 2.16. The Labute approximate surface area is 194 Å². The maximum Gasteiger partial charge on any atom is 0.273 e. The number of aromatic nitrogens is 1. The lowest BCUT2D eigenvalue weighted by atomic mass is 10.1. The minimum absolute atomic E-state index is 0.0589. The fourth-order valence-corrected chi connectivity index (χ4v) is 3.34. The van der Waals surface area contributed by atoms with Gasteiger partial charge in [0.05, 0.1) is 6.54 Å². The number of carbonyl (C=O) groups is 2. The Hall–Kier alpha value is -4.33. The lowest BCUT2D eigenvalue weighted by Gasteiger charge is -2.21. The Balaban J connectivity index is 1.46. The van der Waals surface area contributed by atoms with E-state index in [-0.39, 0.29) is 37.1 Å². The molecule has 34 heavy (non-hydrogen) atoms. The molecule has 0 saturated carbocycles. The van der Waals surface area contributed by atoms with Gasteiger partial charge in [-0.2, -0.15) is 0 Å². The molecule has 0 bridgehead atoms.